The third-order valence-corrected chi connectivity index (χ3v) is 7.11. The summed E-state index contributed by atoms with van der Waals surface area (Å²) in [5.74, 6) is 0.260. The van der Waals surface area contributed by atoms with Crippen LogP contribution in [0.1, 0.15) is 23.3 Å². The van der Waals surface area contributed by atoms with Crippen LogP contribution in [0.3, 0.4) is 0 Å². The maximum Gasteiger partial charge on any atom is 0.135 e. The topological polar surface area (TPSA) is 14.2 Å². The van der Waals surface area contributed by atoms with E-state index in [1.807, 2.05) is 12.1 Å². The second-order valence-corrected chi connectivity index (χ2v) is 9.22. The average Bonchev–Trinajstić information content (AvgIpc) is 3.53. The van der Waals surface area contributed by atoms with Gasteiger partial charge in [-0.2, -0.15) is 0 Å². The predicted octanol–water partition coefficient (Wildman–Crippen LogP) is 10.5. The molecule has 0 saturated heterocycles. The standard InChI is InChI=1S/C38H23NO/c1-2-12-27(13-3-1)39-33-17-8-15-28(37(33)31-21-19-24-9-4-5-14-29(24)38(31)39)26-20-22-34-32(23-26)30-16-6-10-25-11-7-18-35(40-34)36(25)30/h1-23H/i1D,2D,3D,4D,5D,8D,9D,12D,13D,14D,15D,17D,19D,20D,21D,22D,23D. The number of benzene rings is 7. The molecule has 0 atom stereocenters. The number of fused-ring (bicyclic) bond motifs is 7. The van der Waals surface area contributed by atoms with Crippen molar-refractivity contribution in [2.24, 2.45) is 0 Å². The van der Waals surface area contributed by atoms with Gasteiger partial charge in [0.1, 0.15) is 11.5 Å². The van der Waals surface area contributed by atoms with E-state index >= 15 is 0 Å². The van der Waals surface area contributed by atoms with Crippen LogP contribution in [-0.2, 0) is 0 Å². The first-order chi connectivity index (χ1) is 26.9. The maximum atomic E-state index is 9.67. The number of para-hydroxylation sites is 1. The van der Waals surface area contributed by atoms with Crippen molar-refractivity contribution in [1.82, 2.24) is 4.57 Å². The molecule has 40 heavy (non-hydrogen) atoms. The van der Waals surface area contributed by atoms with Gasteiger partial charge in [-0.25, -0.2) is 0 Å². The van der Waals surface area contributed by atoms with Gasteiger partial charge in [-0.3, -0.25) is 0 Å². The molecule has 2 nitrogen and oxygen atoms in total. The fourth-order valence-electron chi connectivity index (χ4n) is 5.48. The zero-order chi connectivity index (χ0) is 41.0. The van der Waals surface area contributed by atoms with Crippen molar-refractivity contribution in [2.75, 3.05) is 0 Å². The monoisotopic (exact) mass is 526 g/mol. The molecule has 186 valence electrons. The van der Waals surface area contributed by atoms with E-state index in [1.54, 1.807) is 24.3 Å². The zero-order valence-electron chi connectivity index (χ0n) is 37.3. The van der Waals surface area contributed by atoms with Crippen LogP contribution in [0.5, 0.6) is 11.5 Å². The molecule has 0 N–H and O–H groups in total. The highest BCUT2D eigenvalue weighted by atomic mass is 16.5. The number of aromatic nitrogens is 1. The van der Waals surface area contributed by atoms with Crippen LogP contribution in [0.4, 0.5) is 0 Å². The first-order valence-electron chi connectivity index (χ1n) is 20.8. The Morgan fingerprint density at radius 3 is 2.33 bits per heavy atom. The fraction of sp³-hybridized carbons (Fsp3) is 0. The minimum Gasteiger partial charge on any atom is -0.456 e. The van der Waals surface area contributed by atoms with Gasteiger partial charge < -0.3 is 9.30 Å². The molecular formula is C38H23NO. The third-order valence-electron chi connectivity index (χ3n) is 7.11. The summed E-state index contributed by atoms with van der Waals surface area (Å²) in [7, 11) is 0. The summed E-state index contributed by atoms with van der Waals surface area (Å²) in [6, 6.07) is -1.68. The third kappa shape index (κ3) is 2.93. The van der Waals surface area contributed by atoms with Gasteiger partial charge in [0.15, 0.2) is 0 Å². The van der Waals surface area contributed by atoms with E-state index in [2.05, 4.69) is 0 Å². The minimum absolute atomic E-state index is 0.0746. The lowest BCUT2D eigenvalue weighted by atomic mass is 9.91. The Kier molecular flexibility index (Phi) is 2.23. The van der Waals surface area contributed by atoms with Crippen molar-refractivity contribution in [3.63, 3.8) is 0 Å². The number of nitrogens with zero attached hydrogens (tertiary/aromatic N) is 1. The van der Waals surface area contributed by atoms with Crippen molar-refractivity contribution >= 4 is 43.4 Å². The van der Waals surface area contributed by atoms with Crippen LogP contribution in [0.15, 0.2) is 139 Å². The van der Waals surface area contributed by atoms with Gasteiger partial charge in [0, 0.05) is 32.8 Å². The highest BCUT2D eigenvalue weighted by Gasteiger charge is 2.22. The Hall–Kier alpha value is -5.34. The zero-order valence-corrected chi connectivity index (χ0v) is 20.3. The maximum absolute atomic E-state index is 9.67. The van der Waals surface area contributed by atoms with Crippen molar-refractivity contribution in [2.45, 2.75) is 0 Å². The Labute approximate surface area is 255 Å². The van der Waals surface area contributed by atoms with Gasteiger partial charge >= 0.3 is 0 Å². The quantitative estimate of drug-likeness (QED) is 0.218. The van der Waals surface area contributed by atoms with Crippen LogP contribution in [-0.4, -0.2) is 4.57 Å². The highest BCUT2D eigenvalue weighted by Crippen LogP contribution is 2.48. The van der Waals surface area contributed by atoms with Gasteiger partial charge in [0.05, 0.1) is 34.3 Å². The smallest absolute Gasteiger partial charge is 0.135 e. The van der Waals surface area contributed by atoms with Gasteiger partial charge in [0.2, 0.25) is 0 Å². The van der Waals surface area contributed by atoms with Crippen LogP contribution < -0.4 is 4.74 Å². The summed E-state index contributed by atoms with van der Waals surface area (Å²) in [5.41, 5.74) is -1.76. The molecule has 0 bridgehead atoms. The SMILES string of the molecule is [2H]c1c([2H])c([2H])c(-n2c3c([2H])c([2H])c([2H])c(-c4c([2H])c([2H])c5c(c4[2H])-c4cccc6cccc(c46)O5)c3c3c([2H])c([2H])c4c([2H])c([2H])c([2H])c([2H])c4c32)c([2H])c1[2H]. The lowest BCUT2D eigenvalue weighted by Crippen LogP contribution is -1.97. The molecule has 8 aromatic rings. The molecule has 0 aliphatic carbocycles. The van der Waals surface area contributed by atoms with Crippen LogP contribution in [0.25, 0.3) is 71.3 Å². The molecule has 2 heterocycles. The Morgan fingerprint density at radius 2 is 1.40 bits per heavy atom. The van der Waals surface area contributed by atoms with Gasteiger partial charge in [-0.15, -0.1) is 0 Å². The Bertz CT molecular complexity index is 3210. The van der Waals surface area contributed by atoms with Crippen molar-refractivity contribution in [3.8, 4) is 39.4 Å². The van der Waals surface area contributed by atoms with E-state index in [9.17, 15) is 6.85 Å². The van der Waals surface area contributed by atoms with Crippen LogP contribution in [0.2, 0.25) is 0 Å². The molecular weight excluding hydrogens is 486 g/mol. The number of ether oxygens (including phenoxy) is 1. The summed E-state index contributed by atoms with van der Waals surface area (Å²) in [4.78, 5) is 0. The molecule has 0 radical (unpaired) electrons. The molecule has 1 aliphatic heterocycles. The second kappa shape index (κ2) is 8.08. The first kappa shape index (κ1) is 11.0. The summed E-state index contributed by atoms with van der Waals surface area (Å²) in [6.45, 7) is 0. The molecule has 1 aromatic heterocycles. The van der Waals surface area contributed by atoms with Gasteiger partial charge in [-0.05, 0) is 63.7 Å². The predicted molar refractivity (Wildman–Crippen MR) is 167 cm³/mol. The summed E-state index contributed by atoms with van der Waals surface area (Å²) >= 11 is 0. The summed E-state index contributed by atoms with van der Waals surface area (Å²) in [5, 5.41) is -0.227. The Balaban J connectivity index is 1.61. The largest absolute Gasteiger partial charge is 0.456 e. The van der Waals surface area contributed by atoms with Gasteiger partial charge in [-0.1, -0.05) is 103 Å². The highest BCUT2D eigenvalue weighted by molar-refractivity contribution is 6.22. The normalized spacial score (nSPS) is 18.1. The fourth-order valence-corrected chi connectivity index (χ4v) is 5.48. The molecule has 9 rings (SSSR count). The summed E-state index contributed by atoms with van der Waals surface area (Å²) < 4.78 is 159. The second-order valence-electron chi connectivity index (χ2n) is 9.22. The number of hydrogen-bond donors (Lipinski definition) is 0. The lowest BCUT2D eigenvalue weighted by molar-refractivity contribution is 0.487. The van der Waals surface area contributed by atoms with Crippen molar-refractivity contribution in [3.05, 3.63) is 139 Å². The molecule has 1 aliphatic rings. The van der Waals surface area contributed by atoms with E-state index in [0.717, 1.165) is 9.95 Å². The Morgan fingerprint density at radius 1 is 0.550 bits per heavy atom. The van der Waals surface area contributed by atoms with E-state index in [1.165, 1.54) is 0 Å². The summed E-state index contributed by atoms with van der Waals surface area (Å²) in [6.07, 6.45) is 0. The lowest BCUT2D eigenvalue weighted by Gasteiger charge is -2.22. The van der Waals surface area contributed by atoms with Crippen LogP contribution >= 0.6 is 0 Å². The minimum atomic E-state index is -0.814. The van der Waals surface area contributed by atoms with Crippen molar-refractivity contribution in [1.29, 1.82) is 0 Å². The average molecular weight is 527 g/mol. The molecule has 0 saturated carbocycles. The molecule has 0 amide bonds. The van der Waals surface area contributed by atoms with E-state index in [-0.39, 0.29) is 22.1 Å². The molecule has 0 unspecified atom stereocenters. The molecule has 2 heteroatoms. The number of rotatable bonds is 2. The number of hydrogen-bond acceptors (Lipinski definition) is 1. The van der Waals surface area contributed by atoms with Gasteiger partial charge in [0.25, 0.3) is 0 Å². The van der Waals surface area contributed by atoms with E-state index in [0.29, 0.717) is 16.7 Å². The van der Waals surface area contributed by atoms with Crippen LogP contribution in [0, 0.1) is 0 Å². The molecule has 0 spiro atoms. The van der Waals surface area contributed by atoms with E-state index in [4.69, 9.17) is 21.2 Å². The first-order valence-corrected chi connectivity index (χ1v) is 12.3. The van der Waals surface area contributed by atoms with Crippen molar-refractivity contribution < 1.29 is 28.0 Å². The molecule has 7 aromatic carbocycles. The molecule has 0 fully saturated rings. The van der Waals surface area contributed by atoms with E-state index < -0.39 is 141 Å².